The number of carbonyl (C=O) groups excluding carboxylic acids is 2. The summed E-state index contributed by atoms with van der Waals surface area (Å²) in [6, 6.07) is 5.54. The highest BCUT2D eigenvalue weighted by molar-refractivity contribution is 8.55. The van der Waals surface area contributed by atoms with E-state index < -0.39 is 112 Å². The highest BCUT2D eigenvalue weighted by atomic mass is 32.7. The Bertz CT molecular complexity index is 2690. The summed E-state index contributed by atoms with van der Waals surface area (Å²) in [5.74, 6) is -1.86. The molecular formula is C35H39F2N9O15P2S. The van der Waals surface area contributed by atoms with Crippen LogP contribution in [0, 0.1) is 5.41 Å². The van der Waals surface area contributed by atoms with Crippen LogP contribution in [-0.2, 0) is 51.2 Å². The number of aromatic nitrogens is 8. The second-order valence-electron chi connectivity index (χ2n) is 15.3. The van der Waals surface area contributed by atoms with Gasteiger partial charge in [0.2, 0.25) is 6.79 Å². The quantitative estimate of drug-likeness (QED) is 0.108. The Morgan fingerprint density at radius 1 is 0.922 bits per heavy atom. The van der Waals surface area contributed by atoms with E-state index in [1.54, 1.807) is 20.8 Å². The van der Waals surface area contributed by atoms with Crippen molar-refractivity contribution in [3.63, 3.8) is 0 Å². The van der Waals surface area contributed by atoms with Crippen molar-refractivity contribution in [3.05, 3.63) is 65.5 Å². The van der Waals surface area contributed by atoms with Crippen LogP contribution in [0.25, 0.3) is 22.3 Å². The third-order valence-corrected chi connectivity index (χ3v) is 14.2. The Kier molecular flexibility index (Phi) is 12.9. The highest BCUT2D eigenvalue weighted by Gasteiger charge is 2.54. The summed E-state index contributed by atoms with van der Waals surface area (Å²) in [5.41, 5.74) is 4.46. The molecule has 8 rings (SSSR count). The van der Waals surface area contributed by atoms with Gasteiger partial charge in [-0.2, -0.15) is 0 Å². The van der Waals surface area contributed by atoms with Crippen molar-refractivity contribution in [2.24, 2.45) is 5.41 Å². The van der Waals surface area contributed by atoms with Crippen molar-refractivity contribution in [3.8, 4) is 5.75 Å². The minimum Gasteiger partial charge on any atom is -0.457 e. The van der Waals surface area contributed by atoms with Crippen LogP contribution in [-0.4, -0.2) is 125 Å². The fraction of sp³-hybridized carbons (Fsp3) is 0.486. The molecule has 1 aromatic carbocycles. The summed E-state index contributed by atoms with van der Waals surface area (Å²) in [6.45, 7) is -1.87. The van der Waals surface area contributed by atoms with Crippen molar-refractivity contribution in [1.82, 2.24) is 39.0 Å². The molecule has 3 aliphatic heterocycles. The largest absolute Gasteiger partial charge is 0.457 e. The van der Waals surface area contributed by atoms with E-state index in [-0.39, 0.29) is 46.3 Å². The van der Waals surface area contributed by atoms with Crippen LogP contribution in [0.3, 0.4) is 0 Å². The van der Waals surface area contributed by atoms with E-state index in [1.165, 1.54) is 35.2 Å². The van der Waals surface area contributed by atoms with Crippen LogP contribution >= 0.6 is 25.8 Å². The van der Waals surface area contributed by atoms with Crippen LogP contribution < -0.4 is 16.0 Å². The normalized spacial score (nSPS) is 30.2. The first kappa shape index (κ1) is 45.6. The Hall–Kier alpha value is -4.95. The molecule has 2 bridgehead atoms. The zero-order valence-corrected chi connectivity index (χ0v) is 36.3. The molecule has 0 spiro atoms. The fourth-order valence-corrected chi connectivity index (χ4v) is 10.2. The number of hydrogen-bond donors (Lipinski definition) is 3. The number of esters is 2. The average Bonchev–Trinajstić information content (AvgIpc) is 4.02. The van der Waals surface area contributed by atoms with E-state index in [9.17, 15) is 28.4 Å². The van der Waals surface area contributed by atoms with Gasteiger partial charge >= 0.3 is 26.3 Å². The molecule has 10 atom stereocenters. The van der Waals surface area contributed by atoms with Crippen LogP contribution in [0.15, 0.2) is 54.4 Å². The molecule has 2 unspecified atom stereocenters. The lowest BCUT2D eigenvalue weighted by atomic mass is 9.98. The Balaban J connectivity index is 1.05. The van der Waals surface area contributed by atoms with Gasteiger partial charge in [0.1, 0.15) is 54.3 Å². The van der Waals surface area contributed by atoms with E-state index in [0.29, 0.717) is 11.4 Å². The third kappa shape index (κ3) is 9.54. The number of fused-ring (bicyclic) bond motifs is 5. The molecule has 7 heterocycles. The number of anilines is 1. The van der Waals surface area contributed by atoms with E-state index in [1.807, 2.05) is 0 Å². The van der Waals surface area contributed by atoms with Crippen molar-refractivity contribution in [1.29, 1.82) is 0 Å². The molecular weight excluding hydrogens is 918 g/mol. The lowest BCUT2D eigenvalue weighted by molar-refractivity contribution is -0.159. The van der Waals surface area contributed by atoms with E-state index >= 15 is 8.78 Å². The number of rotatable bonds is 9. The number of nitrogens with one attached hydrogen (secondary N) is 1. The van der Waals surface area contributed by atoms with Gasteiger partial charge < -0.3 is 48.6 Å². The van der Waals surface area contributed by atoms with Crippen LogP contribution in [0.2, 0.25) is 0 Å². The minimum absolute atomic E-state index is 0.0134. The first-order valence-corrected chi connectivity index (χ1v) is 24.0. The number of halogens is 2. The molecule has 3 saturated heterocycles. The minimum atomic E-state index is -4.81. The number of nitrogens with two attached hydrogens (primary N) is 1. The van der Waals surface area contributed by atoms with Crippen molar-refractivity contribution in [2.75, 3.05) is 38.0 Å². The maximum atomic E-state index is 16.6. The summed E-state index contributed by atoms with van der Waals surface area (Å²) in [7, 11) is -4.78. The smallest absolute Gasteiger partial charge is 0.393 e. The molecule has 24 nitrogen and oxygen atoms in total. The first-order chi connectivity index (χ1) is 30.4. The Morgan fingerprint density at radius 2 is 1.61 bits per heavy atom. The number of carbonyl (C=O) groups is 2. The van der Waals surface area contributed by atoms with Gasteiger partial charge in [0, 0.05) is 11.4 Å². The van der Waals surface area contributed by atoms with Gasteiger partial charge in [0.15, 0.2) is 47.4 Å². The first-order valence-electron chi connectivity index (χ1n) is 19.1. The molecule has 3 fully saturated rings. The number of ether oxygens (including phenoxy) is 6. The van der Waals surface area contributed by atoms with Crippen LogP contribution in [0.4, 0.5) is 14.6 Å². The third-order valence-electron chi connectivity index (χ3n) is 9.87. The molecule has 64 heavy (non-hydrogen) atoms. The van der Waals surface area contributed by atoms with Gasteiger partial charge in [0.25, 0.3) is 5.56 Å². The standard InChI is InChI=1S/C35H39F2N9O15P2S/c1-35(2,3)34(49)54-14-53-18-6-4-17(5-7-18)33(48)56-16-64-63(52)58-9-20-25(22(37)31(60-20)45-12-43-23-27(38)39-10-40-28(23)45)55-15-62(50,51)57-8-19-21(36)26(61-63)32(59-19)46-13-44-24-29(46)41-11-42-30(24)47/h4-7,10-13,19-22,25-26,31-32H,8-9,14-16H2,1-3H3,(H,50,51)(H2,38,39,40)(H,41,42,47)/t19-,20-,21-,22-,25-,26-,31-,32-,63?/m1/s1. The predicted octanol–water partition coefficient (Wildman–Crippen LogP) is 3.55. The van der Waals surface area contributed by atoms with Gasteiger partial charge in [-0.15, -0.1) is 0 Å². The molecule has 4 N–H and O–H groups in total. The van der Waals surface area contributed by atoms with Crippen molar-refractivity contribution < 1.29 is 74.4 Å². The predicted molar refractivity (Wildman–Crippen MR) is 215 cm³/mol. The summed E-state index contributed by atoms with van der Waals surface area (Å²) in [4.78, 5) is 71.0. The molecule has 0 radical (unpaired) electrons. The number of alkyl halides is 2. The van der Waals surface area contributed by atoms with Crippen molar-refractivity contribution >= 4 is 65.9 Å². The Labute approximate surface area is 363 Å². The lowest BCUT2D eigenvalue weighted by Crippen LogP contribution is -2.36. The maximum Gasteiger partial charge on any atom is 0.393 e. The summed E-state index contributed by atoms with van der Waals surface area (Å²) in [5, 5.41) is 0. The molecule has 29 heteroatoms. The van der Waals surface area contributed by atoms with Crippen LogP contribution in [0.1, 0.15) is 43.6 Å². The molecule has 0 saturated carbocycles. The number of aromatic amines is 1. The van der Waals surface area contributed by atoms with E-state index in [2.05, 4.69) is 29.9 Å². The zero-order valence-electron chi connectivity index (χ0n) is 33.7. The van der Waals surface area contributed by atoms with Crippen molar-refractivity contribution in [2.45, 2.75) is 70.0 Å². The van der Waals surface area contributed by atoms with Gasteiger partial charge in [-0.3, -0.25) is 32.3 Å². The van der Waals surface area contributed by atoms with Gasteiger partial charge in [0.05, 0.1) is 43.2 Å². The second-order valence-corrected chi connectivity index (χ2v) is 21.1. The molecule has 0 amide bonds. The molecule has 0 aliphatic carbocycles. The number of imidazole rings is 2. The van der Waals surface area contributed by atoms with Gasteiger partial charge in [-0.25, -0.2) is 43.1 Å². The summed E-state index contributed by atoms with van der Waals surface area (Å²) < 4.78 is 114. The number of benzene rings is 1. The average molecular weight is 958 g/mol. The van der Waals surface area contributed by atoms with E-state index in [0.717, 1.165) is 23.5 Å². The number of nitrogen functional groups attached to an aromatic ring is 1. The highest BCUT2D eigenvalue weighted by Crippen LogP contribution is 2.64. The van der Waals surface area contributed by atoms with Gasteiger partial charge in [-0.05, 0) is 45.0 Å². The molecule has 3 aliphatic rings. The number of nitrogens with zero attached hydrogens (tertiary/aromatic N) is 7. The fourth-order valence-electron chi connectivity index (χ4n) is 6.62. The molecule has 344 valence electrons. The zero-order chi connectivity index (χ0) is 45.6. The maximum absolute atomic E-state index is 16.6. The topological polar surface area (TPSA) is 305 Å². The lowest BCUT2D eigenvalue weighted by Gasteiger charge is -2.27. The second kappa shape index (κ2) is 18.1. The van der Waals surface area contributed by atoms with E-state index in [4.69, 9.17) is 47.7 Å². The monoisotopic (exact) mass is 957 g/mol. The number of H-pyrrole nitrogens is 1. The SMILES string of the molecule is CC(C)(C)C(=O)OCOc1ccc(C(=O)OCSP2(=O)OC[C@H]3O[C@@H](n4cnc5c(N)ncnc54)[C@H](F)[C@@H]3OCP(=O)(O)OC[C@H]3O[C@@H](n4cnc5c(=O)[nH]cnc54)[C@H](O2)[C@@H]3F)cc1. The Morgan fingerprint density at radius 3 is 2.36 bits per heavy atom. The number of hydrogen-bond acceptors (Lipinski definition) is 21. The van der Waals surface area contributed by atoms with Crippen LogP contribution in [0.5, 0.6) is 5.75 Å². The molecule has 4 aromatic heterocycles. The molecule has 5 aromatic rings. The summed E-state index contributed by atoms with van der Waals surface area (Å²) >= 11 is 0.309. The summed E-state index contributed by atoms with van der Waals surface area (Å²) in [6.07, 6.45) is -11.0. The van der Waals surface area contributed by atoms with Gasteiger partial charge in [-0.1, -0.05) is 0 Å².